The van der Waals surface area contributed by atoms with E-state index in [9.17, 15) is 4.79 Å². The lowest BCUT2D eigenvalue weighted by molar-refractivity contribution is 0.0950. The number of rotatable bonds is 3. The van der Waals surface area contributed by atoms with Crippen molar-refractivity contribution in [2.45, 2.75) is 6.54 Å². The lowest BCUT2D eigenvalue weighted by Gasteiger charge is -2.05. The summed E-state index contributed by atoms with van der Waals surface area (Å²) >= 11 is 0. The second-order valence-electron chi connectivity index (χ2n) is 4.43. The number of amides is 1. The van der Waals surface area contributed by atoms with Gasteiger partial charge in [-0.3, -0.25) is 9.48 Å². The number of ether oxygens (including phenoxy) is 2. The van der Waals surface area contributed by atoms with Gasteiger partial charge in [0.15, 0.2) is 11.5 Å². The number of nitrogens with two attached hydrogens (primary N) is 1. The quantitative estimate of drug-likeness (QED) is 0.858. The molecule has 7 nitrogen and oxygen atoms in total. The minimum atomic E-state index is -0.202. The highest BCUT2D eigenvalue weighted by Crippen LogP contribution is 2.32. The normalized spacial score (nSPS) is 12.4. The van der Waals surface area contributed by atoms with Gasteiger partial charge in [-0.2, -0.15) is 5.10 Å². The second-order valence-corrected chi connectivity index (χ2v) is 4.43. The number of hydrogen-bond donors (Lipinski definition) is 2. The lowest BCUT2D eigenvalue weighted by atomic mass is 10.2. The Hall–Kier alpha value is -2.70. The molecule has 0 spiro atoms. The van der Waals surface area contributed by atoms with Crippen LogP contribution in [0.5, 0.6) is 11.5 Å². The Morgan fingerprint density at radius 3 is 3.00 bits per heavy atom. The van der Waals surface area contributed by atoms with E-state index in [4.69, 9.17) is 15.2 Å². The van der Waals surface area contributed by atoms with Crippen LogP contribution in [0.1, 0.15) is 15.9 Å². The minimum Gasteiger partial charge on any atom is -0.454 e. The number of fused-ring (bicyclic) bond motifs is 1. The molecule has 3 N–H and O–H groups in total. The summed E-state index contributed by atoms with van der Waals surface area (Å²) in [6.45, 7) is 0.513. The highest BCUT2D eigenvalue weighted by atomic mass is 16.7. The van der Waals surface area contributed by atoms with Gasteiger partial charge in [0, 0.05) is 24.7 Å². The van der Waals surface area contributed by atoms with Crippen molar-refractivity contribution in [2.75, 3.05) is 12.5 Å². The van der Waals surface area contributed by atoms with E-state index in [1.54, 1.807) is 36.1 Å². The molecular formula is C13H14N4O3. The summed E-state index contributed by atoms with van der Waals surface area (Å²) in [7, 11) is 1.75. The van der Waals surface area contributed by atoms with Crippen LogP contribution >= 0.6 is 0 Å². The average molecular weight is 274 g/mol. The maximum atomic E-state index is 12.1. The summed E-state index contributed by atoms with van der Waals surface area (Å²) in [6, 6.07) is 5.06. The van der Waals surface area contributed by atoms with Gasteiger partial charge in [-0.25, -0.2) is 0 Å². The zero-order chi connectivity index (χ0) is 14.1. The number of carbonyl (C=O) groups excluding carboxylic acids is 1. The first kappa shape index (κ1) is 12.3. The van der Waals surface area contributed by atoms with Gasteiger partial charge in [-0.05, 0) is 18.2 Å². The zero-order valence-electron chi connectivity index (χ0n) is 10.9. The molecule has 1 aromatic carbocycles. The number of benzene rings is 1. The molecule has 3 rings (SSSR count). The van der Waals surface area contributed by atoms with E-state index in [0.29, 0.717) is 29.4 Å². The smallest absolute Gasteiger partial charge is 0.251 e. The van der Waals surface area contributed by atoms with Crippen LogP contribution in [0.2, 0.25) is 0 Å². The molecule has 0 bridgehead atoms. The van der Waals surface area contributed by atoms with E-state index in [1.165, 1.54) is 0 Å². The fourth-order valence-electron chi connectivity index (χ4n) is 1.94. The number of nitrogen functional groups attached to an aromatic ring is 1. The van der Waals surface area contributed by atoms with Crippen LogP contribution < -0.4 is 20.5 Å². The molecule has 1 aliphatic heterocycles. The summed E-state index contributed by atoms with van der Waals surface area (Å²) in [6.07, 6.45) is 1.63. The third-order valence-electron chi connectivity index (χ3n) is 3.14. The summed E-state index contributed by atoms with van der Waals surface area (Å²) in [5, 5.41) is 6.81. The maximum absolute atomic E-state index is 12.1. The molecule has 2 aromatic rings. The van der Waals surface area contributed by atoms with Crippen LogP contribution in [0, 0.1) is 0 Å². The Morgan fingerprint density at radius 1 is 1.45 bits per heavy atom. The van der Waals surface area contributed by atoms with Crippen LogP contribution in [0.4, 0.5) is 5.82 Å². The fraction of sp³-hybridized carbons (Fsp3) is 0.231. The van der Waals surface area contributed by atoms with Crippen LogP contribution in [0.15, 0.2) is 24.4 Å². The molecule has 20 heavy (non-hydrogen) atoms. The number of anilines is 1. The highest BCUT2D eigenvalue weighted by Gasteiger charge is 2.16. The van der Waals surface area contributed by atoms with Crippen molar-refractivity contribution in [1.29, 1.82) is 0 Å². The molecule has 1 aromatic heterocycles. The van der Waals surface area contributed by atoms with Crippen molar-refractivity contribution in [3.63, 3.8) is 0 Å². The Morgan fingerprint density at radius 2 is 2.25 bits per heavy atom. The topological polar surface area (TPSA) is 91.4 Å². The predicted molar refractivity (Wildman–Crippen MR) is 71.4 cm³/mol. The summed E-state index contributed by atoms with van der Waals surface area (Å²) in [5.74, 6) is 1.57. The lowest BCUT2D eigenvalue weighted by Crippen LogP contribution is -2.23. The van der Waals surface area contributed by atoms with Gasteiger partial charge in [-0.15, -0.1) is 0 Å². The van der Waals surface area contributed by atoms with Gasteiger partial charge >= 0.3 is 0 Å². The maximum Gasteiger partial charge on any atom is 0.251 e. The Balaban J connectivity index is 1.69. The summed E-state index contributed by atoms with van der Waals surface area (Å²) in [4.78, 5) is 12.1. The van der Waals surface area contributed by atoms with Crippen molar-refractivity contribution < 1.29 is 14.3 Å². The van der Waals surface area contributed by atoms with E-state index < -0.39 is 0 Å². The summed E-state index contributed by atoms with van der Waals surface area (Å²) < 4.78 is 12.0. The standard InChI is InChI=1S/C13H14N4O3/c1-17-12(14)9(6-16-17)5-15-13(18)8-2-3-10-11(4-8)20-7-19-10/h2-4,6H,5,7,14H2,1H3,(H,15,18). The third kappa shape index (κ3) is 2.13. The van der Waals surface area contributed by atoms with Crippen LogP contribution in [0.3, 0.4) is 0 Å². The predicted octanol–water partition coefficient (Wildman–Crippen LogP) is 0.661. The molecule has 0 unspecified atom stereocenters. The number of hydrogen-bond acceptors (Lipinski definition) is 5. The van der Waals surface area contributed by atoms with Crippen LogP contribution in [0.25, 0.3) is 0 Å². The van der Waals surface area contributed by atoms with Crippen molar-refractivity contribution in [2.24, 2.45) is 7.05 Å². The first-order valence-corrected chi connectivity index (χ1v) is 6.09. The van der Waals surface area contributed by atoms with Crippen LogP contribution in [-0.4, -0.2) is 22.5 Å². The van der Waals surface area contributed by atoms with Gasteiger partial charge in [0.05, 0.1) is 6.20 Å². The van der Waals surface area contributed by atoms with Crippen molar-refractivity contribution in [1.82, 2.24) is 15.1 Å². The van der Waals surface area contributed by atoms with Gasteiger partial charge in [0.25, 0.3) is 5.91 Å². The Kier molecular flexibility index (Phi) is 2.94. The number of carbonyl (C=O) groups is 1. The number of nitrogens with zero attached hydrogens (tertiary/aromatic N) is 2. The van der Waals surface area contributed by atoms with E-state index in [2.05, 4.69) is 10.4 Å². The molecule has 0 aliphatic carbocycles. The van der Waals surface area contributed by atoms with E-state index in [0.717, 1.165) is 5.56 Å². The SMILES string of the molecule is Cn1ncc(CNC(=O)c2ccc3c(c2)OCO3)c1N. The molecule has 0 radical (unpaired) electrons. The highest BCUT2D eigenvalue weighted by molar-refractivity contribution is 5.94. The molecule has 0 saturated heterocycles. The van der Waals surface area contributed by atoms with E-state index in [1.807, 2.05) is 0 Å². The number of nitrogens with one attached hydrogen (secondary N) is 1. The first-order chi connectivity index (χ1) is 9.65. The van der Waals surface area contributed by atoms with E-state index in [-0.39, 0.29) is 12.7 Å². The molecule has 1 aliphatic rings. The molecule has 0 saturated carbocycles. The molecule has 7 heteroatoms. The Labute approximate surface area is 115 Å². The molecule has 0 fully saturated rings. The van der Waals surface area contributed by atoms with Crippen LogP contribution in [-0.2, 0) is 13.6 Å². The van der Waals surface area contributed by atoms with Crippen molar-refractivity contribution >= 4 is 11.7 Å². The number of aromatic nitrogens is 2. The monoisotopic (exact) mass is 274 g/mol. The number of aryl methyl sites for hydroxylation is 1. The molecule has 2 heterocycles. The second kappa shape index (κ2) is 4.76. The largest absolute Gasteiger partial charge is 0.454 e. The van der Waals surface area contributed by atoms with Gasteiger partial charge in [0.1, 0.15) is 5.82 Å². The Bertz CT molecular complexity index is 666. The third-order valence-corrected chi connectivity index (χ3v) is 3.14. The minimum absolute atomic E-state index is 0.187. The molecule has 0 atom stereocenters. The zero-order valence-corrected chi connectivity index (χ0v) is 10.9. The molecule has 1 amide bonds. The molecular weight excluding hydrogens is 260 g/mol. The summed E-state index contributed by atoms with van der Waals surface area (Å²) in [5.41, 5.74) is 7.10. The fourth-order valence-corrected chi connectivity index (χ4v) is 1.94. The van der Waals surface area contributed by atoms with Gasteiger partial charge in [-0.1, -0.05) is 0 Å². The van der Waals surface area contributed by atoms with Crippen molar-refractivity contribution in [3.05, 3.63) is 35.5 Å². The van der Waals surface area contributed by atoms with Gasteiger partial charge < -0.3 is 20.5 Å². The average Bonchev–Trinajstić information content (AvgIpc) is 3.04. The first-order valence-electron chi connectivity index (χ1n) is 6.09. The van der Waals surface area contributed by atoms with Gasteiger partial charge in [0.2, 0.25) is 6.79 Å². The van der Waals surface area contributed by atoms with Crippen molar-refractivity contribution in [3.8, 4) is 11.5 Å². The van der Waals surface area contributed by atoms with E-state index >= 15 is 0 Å². The molecule has 104 valence electrons.